The van der Waals surface area contributed by atoms with E-state index >= 15 is 0 Å². The second-order valence-electron chi connectivity index (χ2n) is 11.0. The van der Waals surface area contributed by atoms with Crippen molar-refractivity contribution in [2.24, 2.45) is 11.7 Å². The molecule has 2 aliphatic heterocycles. The molecule has 3 aromatic rings. The van der Waals surface area contributed by atoms with Crippen molar-refractivity contribution in [2.75, 3.05) is 4.90 Å². The topological polar surface area (TPSA) is 72.1 Å². The molecule has 6 rings (SSSR count). The molecule has 1 aromatic carbocycles. The van der Waals surface area contributed by atoms with Gasteiger partial charge in [0.05, 0.1) is 17.4 Å². The van der Waals surface area contributed by atoms with Crippen LogP contribution in [-0.4, -0.2) is 33.9 Å². The van der Waals surface area contributed by atoms with Gasteiger partial charge in [0.25, 0.3) is 0 Å². The quantitative estimate of drug-likeness (QED) is 0.493. The summed E-state index contributed by atoms with van der Waals surface area (Å²) in [6, 6.07) is 8.18. The maximum absolute atomic E-state index is 14.9. The maximum Gasteiger partial charge on any atom is 0.169 e. The summed E-state index contributed by atoms with van der Waals surface area (Å²) in [6.45, 7) is 2.25. The minimum absolute atomic E-state index is 0.0566. The van der Waals surface area contributed by atoms with Gasteiger partial charge in [-0.1, -0.05) is 6.92 Å². The van der Waals surface area contributed by atoms with Crippen molar-refractivity contribution in [3.05, 3.63) is 65.4 Å². The zero-order valence-corrected chi connectivity index (χ0v) is 20.3. The number of halogens is 1. The van der Waals surface area contributed by atoms with Crippen LogP contribution in [0.15, 0.2) is 42.9 Å². The van der Waals surface area contributed by atoms with E-state index in [1.54, 1.807) is 18.5 Å². The first-order valence-corrected chi connectivity index (χ1v) is 13.1. The maximum atomic E-state index is 14.9. The van der Waals surface area contributed by atoms with Crippen LogP contribution in [0.5, 0.6) is 0 Å². The van der Waals surface area contributed by atoms with Gasteiger partial charge in [-0.25, -0.2) is 4.39 Å². The van der Waals surface area contributed by atoms with Crippen molar-refractivity contribution < 1.29 is 9.18 Å². The summed E-state index contributed by atoms with van der Waals surface area (Å²) in [4.78, 5) is 24.9. The number of hydrogen-bond acceptors (Lipinski definition) is 5. The summed E-state index contributed by atoms with van der Waals surface area (Å²) in [5, 5.41) is 0.429. The third-order valence-electron chi connectivity index (χ3n) is 8.55. The van der Waals surface area contributed by atoms with Crippen LogP contribution in [0.3, 0.4) is 0 Å². The number of nitrogens with two attached hydrogens (primary N) is 1. The Morgan fingerprint density at radius 3 is 2.60 bits per heavy atom. The van der Waals surface area contributed by atoms with Crippen LogP contribution in [-0.2, 0) is 6.42 Å². The Balaban J connectivity index is 1.31. The van der Waals surface area contributed by atoms with Gasteiger partial charge < -0.3 is 10.6 Å². The molecular weight excluding hydrogens is 439 g/mol. The third kappa shape index (κ3) is 4.12. The molecular formula is C29H33FN4O. The van der Waals surface area contributed by atoms with Gasteiger partial charge in [-0.2, -0.15) is 0 Å². The number of hydrogen-bond donors (Lipinski definition) is 1. The van der Waals surface area contributed by atoms with Crippen LogP contribution in [0.1, 0.15) is 79.3 Å². The Kier molecular flexibility index (Phi) is 5.79. The number of nitrogens with zero attached hydrogens (tertiary/aromatic N) is 3. The fraction of sp³-hybridized carbons (Fsp3) is 0.483. The SMILES string of the molecule is C[C@@H]1C[C@H](N)C[C@H](c2ccncc2CC(=O)c2ccc(F)c3cc(N4C5CCC4CC5)cnc23)C1. The highest BCUT2D eigenvalue weighted by Gasteiger charge is 2.39. The van der Waals surface area contributed by atoms with Crippen molar-refractivity contribution in [2.45, 2.75) is 82.3 Å². The Morgan fingerprint density at radius 2 is 1.86 bits per heavy atom. The molecule has 2 aromatic heterocycles. The van der Waals surface area contributed by atoms with Gasteiger partial charge >= 0.3 is 0 Å². The molecule has 1 aliphatic carbocycles. The van der Waals surface area contributed by atoms with Crippen LogP contribution in [0, 0.1) is 11.7 Å². The van der Waals surface area contributed by atoms with E-state index in [4.69, 9.17) is 5.73 Å². The first-order chi connectivity index (χ1) is 17.0. The van der Waals surface area contributed by atoms with E-state index in [0.29, 0.717) is 40.4 Å². The number of carbonyl (C=O) groups excluding carboxylic acids is 1. The standard InChI is InChI=1S/C29H33FN4O/c1-17-10-18(12-20(31)11-17)24-8-9-32-15-19(24)13-28(35)25-6-7-27(30)26-14-23(16-33-29(25)26)34-21-2-3-22(34)5-4-21/h6-9,14-18,20-22H,2-5,10-13,31H2,1H3/t17-,18+,20-,21?,22?/m0/s1. The number of benzene rings is 1. The van der Waals surface area contributed by atoms with Crippen molar-refractivity contribution >= 4 is 22.4 Å². The van der Waals surface area contributed by atoms with Gasteiger partial charge in [0, 0.05) is 47.9 Å². The van der Waals surface area contributed by atoms with Crippen LogP contribution < -0.4 is 10.6 Å². The van der Waals surface area contributed by atoms with Gasteiger partial charge in [0.15, 0.2) is 5.78 Å². The van der Waals surface area contributed by atoms with E-state index in [9.17, 15) is 9.18 Å². The van der Waals surface area contributed by atoms with Crippen LogP contribution in [0.2, 0.25) is 0 Å². The highest BCUT2D eigenvalue weighted by atomic mass is 19.1. The number of pyridine rings is 2. The van der Waals surface area contributed by atoms with E-state index in [1.165, 1.54) is 37.3 Å². The minimum Gasteiger partial charge on any atom is -0.364 e. The Hall–Kier alpha value is -2.86. The number of aromatic nitrogens is 2. The fourth-order valence-electron chi connectivity index (χ4n) is 7.04. The molecule has 2 saturated heterocycles. The van der Waals surface area contributed by atoms with Crippen molar-refractivity contribution in [1.82, 2.24) is 9.97 Å². The molecule has 182 valence electrons. The summed E-state index contributed by atoms with van der Waals surface area (Å²) in [7, 11) is 0. The lowest BCUT2D eigenvalue weighted by Gasteiger charge is -2.32. The zero-order valence-electron chi connectivity index (χ0n) is 20.3. The van der Waals surface area contributed by atoms with E-state index in [2.05, 4.69) is 21.8 Å². The van der Waals surface area contributed by atoms with Crippen LogP contribution in [0.25, 0.3) is 10.9 Å². The van der Waals surface area contributed by atoms with Gasteiger partial charge in [-0.3, -0.25) is 14.8 Å². The smallest absolute Gasteiger partial charge is 0.169 e. The molecule has 3 fully saturated rings. The molecule has 0 spiro atoms. The molecule has 6 heteroatoms. The molecule has 3 aliphatic rings. The number of carbonyl (C=O) groups is 1. The lowest BCUT2D eigenvalue weighted by atomic mass is 9.75. The highest BCUT2D eigenvalue weighted by Crippen LogP contribution is 2.42. The van der Waals surface area contributed by atoms with Crippen molar-refractivity contribution in [3.8, 4) is 0 Å². The highest BCUT2D eigenvalue weighted by molar-refractivity contribution is 6.08. The molecule has 0 amide bonds. The molecule has 4 heterocycles. The third-order valence-corrected chi connectivity index (χ3v) is 8.55. The van der Waals surface area contributed by atoms with E-state index in [1.807, 2.05) is 18.3 Å². The molecule has 3 atom stereocenters. The van der Waals surface area contributed by atoms with E-state index in [0.717, 1.165) is 30.5 Å². The Morgan fingerprint density at radius 1 is 1.09 bits per heavy atom. The largest absolute Gasteiger partial charge is 0.364 e. The number of fused-ring (bicyclic) bond motifs is 3. The summed E-state index contributed by atoms with van der Waals surface area (Å²) in [6.07, 6.45) is 13.5. The zero-order chi connectivity index (χ0) is 24.1. The summed E-state index contributed by atoms with van der Waals surface area (Å²) in [5.41, 5.74) is 10.3. The van der Waals surface area contributed by atoms with Crippen molar-refractivity contribution in [3.63, 3.8) is 0 Å². The molecule has 0 unspecified atom stereocenters. The predicted molar refractivity (Wildman–Crippen MR) is 136 cm³/mol. The number of Topliss-reactive ketones (excluding diaryl/α,β-unsaturated/α-hetero) is 1. The van der Waals surface area contributed by atoms with E-state index < -0.39 is 0 Å². The Labute approximate surface area is 205 Å². The van der Waals surface area contributed by atoms with Gasteiger partial charge in [0.1, 0.15) is 5.82 Å². The molecule has 35 heavy (non-hydrogen) atoms. The second-order valence-corrected chi connectivity index (χ2v) is 11.0. The number of ketones is 1. The summed E-state index contributed by atoms with van der Waals surface area (Å²) < 4.78 is 14.9. The second kappa shape index (κ2) is 8.98. The first-order valence-electron chi connectivity index (χ1n) is 13.1. The number of anilines is 1. The average Bonchev–Trinajstić information content (AvgIpc) is 3.45. The molecule has 5 nitrogen and oxygen atoms in total. The lowest BCUT2D eigenvalue weighted by Crippen LogP contribution is -2.31. The average molecular weight is 473 g/mol. The first kappa shape index (κ1) is 22.6. The molecule has 1 saturated carbocycles. The summed E-state index contributed by atoms with van der Waals surface area (Å²) >= 11 is 0. The fourth-order valence-corrected chi connectivity index (χ4v) is 7.04. The van der Waals surface area contributed by atoms with Gasteiger partial charge in [0.2, 0.25) is 0 Å². The lowest BCUT2D eigenvalue weighted by molar-refractivity contribution is 0.0994. The van der Waals surface area contributed by atoms with Crippen LogP contribution in [0.4, 0.5) is 10.1 Å². The molecule has 0 radical (unpaired) electrons. The normalized spacial score (nSPS) is 28.1. The van der Waals surface area contributed by atoms with Crippen LogP contribution >= 0.6 is 0 Å². The molecule has 2 N–H and O–H groups in total. The van der Waals surface area contributed by atoms with Crippen molar-refractivity contribution in [1.29, 1.82) is 0 Å². The minimum atomic E-state index is -0.329. The number of rotatable bonds is 5. The Bertz CT molecular complexity index is 1250. The molecule has 2 bridgehead atoms. The van der Waals surface area contributed by atoms with Gasteiger partial charge in [-0.15, -0.1) is 0 Å². The predicted octanol–water partition coefficient (Wildman–Crippen LogP) is 5.56. The summed E-state index contributed by atoms with van der Waals surface area (Å²) in [5.74, 6) is 0.510. The monoisotopic (exact) mass is 472 g/mol. The van der Waals surface area contributed by atoms with Gasteiger partial charge in [-0.05, 0) is 92.2 Å². The van der Waals surface area contributed by atoms with E-state index in [-0.39, 0.29) is 24.1 Å².